The van der Waals surface area contributed by atoms with Gasteiger partial charge in [0.05, 0.1) is 12.6 Å². The first-order valence-electron chi connectivity index (χ1n) is 10.7. The van der Waals surface area contributed by atoms with E-state index in [1.54, 1.807) is 0 Å². The van der Waals surface area contributed by atoms with E-state index in [-0.39, 0.29) is 0 Å². The Morgan fingerprint density at radius 2 is 1.65 bits per heavy atom. The van der Waals surface area contributed by atoms with Gasteiger partial charge in [0.1, 0.15) is 12.4 Å². The van der Waals surface area contributed by atoms with Gasteiger partial charge in [-0.1, -0.05) is 72.1 Å². The van der Waals surface area contributed by atoms with Gasteiger partial charge in [-0.3, -0.25) is 0 Å². The van der Waals surface area contributed by atoms with Gasteiger partial charge in [-0.15, -0.1) is 0 Å². The smallest absolute Gasteiger partial charge is 0.216 e. The third-order valence-corrected chi connectivity index (χ3v) is 5.34. The van der Waals surface area contributed by atoms with Gasteiger partial charge in [0.15, 0.2) is 0 Å². The molecule has 0 fully saturated rings. The maximum Gasteiger partial charge on any atom is 0.216 e. The van der Waals surface area contributed by atoms with Crippen LogP contribution in [-0.2, 0) is 4.74 Å². The number of ether oxygens (including phenoxy) is 2. The van der Waals surface area contributed by atoms with Gasteiger partial charge < -0.3 is 9.47 Å². The molecular formula is C23H37NO2. The van der Waals surface area contributed by atoms with Crippen LogP contribution in [0, 0.1) is 5.92 Å². The van der Waals surface area contributed by atoms with E-state index in [4.69, 9.17) is 14.5 Å². The van der Waals surface area contributed by atoms with E-state index in [2.05, 4.69) is 32.9 Å². The van der Waals surface area contributed by atoms with Crippen molar-refractivity contribution in [2.24, 2.45) is 10.9 Å². The van der Waals surface area contributed by atoms with Crippen LogP contribution in [0.2, 0.25) is 0 Å². The second kappa shape index (κ2) is 12.0. The molecule has 1 aromatic rings. The summed E-state index contributed by atoms with van der Waals surface area (Å²) < 4.78 is 11.6. The van der Waals surface area contributed by atoms with E-state index in [0.717, 1.165) is 36.7 Å². The zero-order chi connectivity index (χ0) is 18.6. The van der Waals surface area contributed by atoms with Crippen molar-refractivity contribution in [3.63, 3.8) is 0 Å². The van der Waals surface area contributed by atoms with E-state index in [1.165, 1.54) is 44.9 Å². The van der Waals surface area contributed by atoms with E-state index in [1.807, 2.05) is 12.1 Å². The average Bonchev–Trinajstić information content (AvgIpc) is 3.17. The van der Waals surface area contributed by atoms with Gasteiger partial charge in [0.2, 0.25) is 5.90 Å². The van der Waals surface area contributed by atoms with Gasteiger partial charge in [-0.25, -0.2) is 4.99 Å². The van der Waals surface area contributed by atoms with Crippen LogP contribution in [0.3, 0.4) is 0 Å². The monoisotopic (exact) mass is 359 g/mol. The second-order valence-electron chi connectivity index (χ2n) is 7.55. The highest BCUT2D eigenvalue weighted by atomic mass is 16.5. The van der Waals surface area contributed by atoms with E-state index in [9.17, 15) is 0 Å². The highest BCUT2D eigenvalue weighted by Crippen LogP contribution is 2.21. The van der Waals surface area contributed by atoms with Crippen LogP contribution in [0.4, 0.5) is 0 Å². The summed E-state index contributed by atoms with van der Waals surface area (Å²) in [7, 11) is 0. The molecule has 26 heavy (non-hydrogen) atoms. The molecule has 0 aromatic heterocycles. The molecule has 0 unspecified atom stereocenters. The molecule has 0 radical (unpaired) electrons. The Balaban J connectivity index is 1.64. The van der Waals surface area contributed by atoms with Crippen LogP contribution in [0.5, 0.6) is 5.75 Å². The van der Waals surface area contributed by atoms with Crippen LogP contribution >= 0.6 is 0 Å². The minimum absolute atomic E-state index is 0.299. The maximum atomic E-state index is 5.86. The van der Waals surface area contributed by atoms with Crippen molar-refractivity contribution < 1.29 is 9.47 Å². The van der Waals surface area contributed by atoms with Crippen molar-refractivity contribution in [1.82, 2.24) is 0 Å². The normalized spacial score (nSPS) is 17.7. The molecule has 0 N–H and O–H groups in total. The number of nitrogens with zero attached hydrogens (tertiary/aromatic N) is 1. The molecule has 2 rings (SSSR count). The quantitative estimate of drug-likeness (QED) is 0.382. The van der Waals surface area contributed by atoms with Gasteiger partial charge in [0.25, 0.3) is 0 Å². The molecule has 1 heterocycles. The first kappa shape index (κ1) is 20.8. The first-order chi connectivity index (χ1) is 12.7. The molecule has 3 nitrogen and oxygen atoms in total. The molecule has 0 aliphatic carbocycles. The lowest BCUT2D eigenvalue weighted by Crippen LogP contribution is -2.16. The van der Waals surface area contributed by atoms with Crippen LogP contribution in [0.25, 0.3) is 0 Å². The number of hydrogen-bond donors (Lipinski definition) is 0. The summed E-state index contributed by atoms with van der Waals surface area (Å²) in [4.78, 5) is 4.73. The fraction of sp³-hybridized carbons (Fsp3) is 0.696. The minimum atomic E-state index is 0.299. The SMILES string of the molecule is CCCCCCCCCCOc1ccc(C2=N[C@@H]([C@@H](C)CC)CO2)cc1. The third-order valence-electron chi connectivity index (χ3n) is 5.34. The number of benzene rings is 1. The van der Waals surface area contributed by atoms with Crippen molar-refractivity contribution in [3.8, 4) is 5.75 Å². The predicted octanol–water partition coefficient (Wildman–Crippen LogP) is 6.40. The lowest BCUT2D eigenvalue weighted by Gasteiger charge is -2.11. The highest BCUT2D eigenvalue weighted by Gasteiger charge is 2.24. The number of aliphatic imine (C=N–C) groups is 1. The summed E-state index contributed by atoms with van der Waals surface area (Å²) in [5.41, 5.74) is 1.05. The Hall–Kier alpha value is -1.51. The Labute approximate surface area is 160 Å². The largest absolute Gasteiger partial charge is 0.494 e. The van der Waals surface area contributed by atoms with Crippen molar-refractivity contribution in [3.05, 3.63) is 29.8 Å². The van der Waals surface area contributed by atoms with Crippen molar-refractivity contribution in [2.45, 2.75) is 84.6 Å². The molecule has 0 bridgehead atoms. The Kier molecular flexibility index (Phi) is 9.58. The molecule has 1 aromatic carbocycles. The molecule has 0 saturated heterocycles. The Morgan fingerprint density at radius 1 is 1.00 bits per heavy atom. The summed E-state index contributed by atoms with van der Waals surface area (Å²) in [5.74, 6) is 2.29. The van der Waals surface area contributed by atoms with E-state index < -0.39 is 0 Å². The fourth-order valence-corrected chi connectivity index (χ4v) is 3.23. The predicted molar refractivity (Wildman–Crippen MR) is 110 cm³/mol. The minimum Gasteiger partial charge on any atom is -0.494 e. The summed E-state index contributed by atoms with van der Waals surface area (Å²) in [5, 5.41) is 0. The molecule has 2 atom stereocenters. The topological polar surface area (TPSA) is 30.8 Å². The standard InChI is InChI=1S/C23H37NO2/c1-4-6-7-8-9-10-11-12-17-25-21-15-13-20(14-16-21)23-24-22(18-26-23)19(3)5-2/h13-16,19,22H,4-12,17-18H2,1-3H3/t19-,22+/m0/s1. The van der Waals surface area contributed by atoms with Crippen LogP contribution in [0.15, 0.2) is 29.3 Å². The summed E-state index contributed by atoms with van der Waals surface area (Å²) in [6.45, 7) is 8.23. The Morgan fingerprint density at radius 3 is 2.31 bits per heavy atom. The van der Waals surface area contributed by atoms with E-state index >= 15 is 0 Å². The molecule has 146 valence electrons. The molecule has 0 spiro atoms. The Bertz CT molecular complexity index is 524. The first-order valence-corrected chi connectivity index (χ1v) is 10.7. The third kappa shape index (κ3) is 7.01. The molecule has 3 heteroatoms. The van der Waals surface area contributed by atoms with Crippen LogP contribution in [0.1, 0.15) is 84.1 Å². The molecule has 0 amide bonds. The molecule has 1 aliphatic heterocycles. The van der Waals surface area contributed by atoms with Crippen LogP contribution < -0.4 is 4.74 Å². The van der Waals surface area contributed by atoms with Gasteiger partial charge >= 0.3 is 0 Å². The summed E-state index contributed by atoms with van der Waals surface area (Å²) >= 11 is 0. The lowest BCUT2D eigenvalue weighted by molar-refractivity contribution is 0.282. The molecule has 0 saturated carbocycles. The summed E-state index contributed by atoms with van der Waals surface area (Å²) in [6, 6.07) is 8.47. The summed E-state index contributed by atoms with van der Waals surface area (Å²) in [6.07, 6.45) is 11.7. The zero-order valence-electron chi connectivity index (χ0n) is 17.0. The number of unbranched alkanes of at least 4 members (excludes halogenated alkanes) is 7. The van der Waals surface area contributed by atoms with Gasteiger partial charge in [0, 0.05) is 5.56 Å². The van der Waals surface area contributed by atoms with Gasteiger partial charge in [-0.2, -0.15) is 0 Å². The number of rotatable bonds is 13. The maximum absolute atomic E-state index is 5.86. The number of hydrogen-bond acceptors (Lipinski definition) is 3. The van der Waals surface area contributed by atoms with Crippen molar-refractivity contribution in [1.29, 1.82) is 0 Å². The molecular weight excluding hydrogens is 322 g/mol. The fourth-order valence-electron chi connectivity index (χ4n) is 3.23. The zero-order valence-corrected chi connectivity index (χ0v) is 17.0. The highest BCUT2D eigenvalue weighted by molar-refractivity contribution is 5.95. The van der Waals surface area contributed by atoms with E-state index in [0.29, 0.717) is 18.6 Å². The van der Waals surface area contributed by atoms with Crippen molar-refractivity contribution in [2.75, 3.05) is 13.2 Å². The lowest BCUT2D eigenvalue weighted by atomic mass is 10.0. The van der Waals surface area contributed by atoms with Gasteiger partial charge in [-0.05, 0) is 36.6 Å². The average molecular weight is 360 g/mol. The van der Waals surface area contributed by atoms with Crippen molar-refractivity contribution >= 4 is 5.90 Å². The second-order valence-corrected chi connectivity index (χ2v) is 7.55. The van der Waals surface area contributed by atoms with Crippen LogP contribution in [-0.4, -0.2) is 25.2 Å². The molecule has 1 aliphatic rings.